The lowest BCUT2D eigenvalue weighted by atomic mass is 9.85. The lowest BCUT2D eigenvalue weighted by Gasteiger charge is -2.28. The molecule has 0 amide bonds. The van der Waals surface area contributed by atoms with Gasteiger partial charge < -0.3 is 9.47 Å². The quantitative estimate of drug-likeness (QED) is 0.0743. The maximum atomic E-state index is 12.9. The highest BCUT2D eigenvalue weighted by Gasteiger charge is 2.34. The summed E-state index contributed by atoms with van der Waals surface area (Å²) in [7, 11) is 0. The van der Waals surface area contributed by atoms with Crippen LogP contribution in [0.5, 0.6) is 0 Å². The van der Waals surface area contributed by atoms with Crippen molar-refractivity contribution in [3.05, 3.63) is 12.2 Å². The van der Waals surface area contributed by atoms with Crippen molar-refractivity contribution in [2.24, 2.45) is 11.3 Å². The molecule has 0 fully saturated rings. The van der Waals surface area contributed by atoms with Gasteiger partial charge in [-0.25, -0.2) is 4.79 Å². The Morgan fingerprint density at radius 2 is 1.55 bits per heavy atom. The van der Waals surface area contributed by atoms with Crippen LogP contribution in [0, 0.1) is 22.7 Å². The lowest BCUT2D eigenvalue weighted by Crippen LogP contribution is -2.33. The monoisotopic (exact) mass is 481 g/mol. The number of hydrogen-bond donors (Lipinski definition) is 0. The molecule has 1 unspecified atom stereocenters. The molecule has 1 atom stereocenters. The number of unbranched alkanes of at least 4 members (excludes halogenated alkanes) is 9. The Kier molecular flexibility index (Phi) is 19.0. The van der Waals surface area contributed by atoms with Gasteiger partial charge >= 0.3 is 11.9 Å². The first-order valence-corrected chi connectivity index (χ1v) is 13.9. The zero-order valence-electron chi connectivity index (χ0n) is 21.6. The molecule has 6 heteroatoms. The summed E-state index contributed by atoms with van der Waals surface area (Å²) in [6, 6.07) is 1.68. The fourth-order valence-electron chi connectivity index (χ4n) is 3.39. The third kappa shape index (κ3) is 16.7. The number of nitriles is 1. The summed E-state index contributed by atoms with van der Waals surface area (Å²) in [5, 5.41) is 8.65. The van der Waals surface area contributed by atoms with E-state index in [2.05, 4.69) is 27.4 Å². The fourth-order valence-corrected chi connectivity index (χ4v) is 4.45. The molecule has 0 aliphatic rings. The maximum Gasteiger partial charge on any atom is 0.348 e. The van der Waals surface area contributed by atoms with Crippen molar-refractivity contribution in [3.8, 4) is 6.07 Å². The molecule has 0 radical (unpaired) electrons. The average molecular weight is 482 g/mol. The van der Waals surface area contributed by atoms with Gasteiger partial charge in [0.05, 0.1) is 12.0 Å². The molecule has 0 heterocycles. The molecule has 0 N–H and O–H groups in total. The molecular formula is C27H47NO4S. The minimum Gasteiger partial charge on any atom is -0.465 e. The Labute approximate surface area is 207 Å². The molecule has 0 aromatic heterocycles. The molecule has 0 saturated carbocycles. The van der Waals surface area contributed by atoms with Crippen molar-refractivity contribution in [1.29, 1.82) is 5.26 Å². The first-order chi connectivity index (χ1) is 15.8. The first-order valence-electron chi connectivity index (χ1n) is 12.8. The van der Waals surface area contributed by atoms with Crippen LogP contribution in [-0.4, -0.2) is 36.7 Å². The van der Waals surface area contributed by atoms with E-state index in [9.17, 15) is 9.59 Å². The number of carbonyl (C=O) groups excluding carboxylic acids is 2. The largest absolute Gasteiger partial charge is 0.465 e. The molecular weight excluding hydrogens is 434 g/mol. The number of carbonyl (C=O) groups is 2. The number of hydrogen-bond acceptors (Lipinski definition) is 6. The van der Waals surface area contributed by atoms with E-state index in [0.29, 0.717) is 24.0 Å². The van der Waals surface area contributed by atoms with Gasteiger partial charge in [-0.15, -0.1) is 0 Å². The standard InChI is InChI=1S/C27H47NO4S/c1-6-7-8-9-10-11-12-13-14-15-18-32-26(30)27(5,17-16-23(2)3)22-33-20-19-31-25(29)24(4)21-28/h23H,4,6-20,22H2,1-3,5H3. The molecule has 0 aromatic rings. The molecule has 5 nitrogen and oxygen atoms in total. The van der Waals surface area contributed by atoms with E-state index in [1.54, 1.807) is 17.8 Å². The van der Waals surface area contributed by atoms with Crippen molar-refractivity contribution in [2.45, 2.75) is 105 Å². The third-order valence-electron chi connectivity index (χ3n) is 5.76. The van der Waals surface area contributed by atoms with Gasteiger partial charge in [0.2, 0.25) is 0 Å². The van der Waals surface area contributed by atoms with Crippen LogP contribution < -0.4 is 0 Å². The summed E-state index contributed by atoms with van der Waals surface area (Å²) < 4.78 is 10.7. The SMILES string of the molecule is C=C(C#N)C(=O)OCCSCC(C)(CCC(C)C)C(=O)OCCCCCCCCCCCC. The predicted octanol–water partition coefficient (Wildman–Crippen LogP) is 7.25. The Balaban J connectivity index is 4.19. The summed E-state index contributed by atoms with van der Waals surface area (Å²) in [5.41, 5.74) is -0.745. The lowest BCUT2D eigenvalue weighted by molar-refractivity contribution is -0.154. The zero-order chi connectivity index (χ0) is 25.0. The van der Waals surface area contributed by atoms with Crippen LogP contribution in [-0.2, 0) is 19.1 Å². The van der Waals surface area contributed by atoms with Gasteiger partial charge in [-0.1, -0.05) is 85.1 Å². The Morgan fingerprint density at radius 3 is 2.09 bits per heavy atom. The van der Waals surface area contributed by atoms with E-state index in [4.69, 9.17) is 14.7 Å². The third-order valence-corrected chi connectivity index (χ3v) is 7.06. The van der Waals surface area contributed by atoms with Gasteiger partial charge in [0.25, 0.3) is 0 Å². The second-order valence-electron chi connectivity index (χ2n) is 9.59. The van der Waals surface area contributed by atoms with Crippen molar-refractivity contribution in [1.82, 2.24) is 0 Å². The summed E-state index contributed by atoms with van der Waals surface area (Å²) in [6.45, 7) is 12.6. The maximum absolute atomic E-state index is 12.9. The van der Waals surface area contributed by atoms with Crippen molar-refractivity contribution >= 4 is 23.7 Å². The molecule has 33 heavy (non-hydrogen) atoms. The molecule has 0 bridgehead atoms. The molecule has 0 spiro atoms. The topological polar surface area (TPSA) is 76.4 Å². The van der Waals surface area contributed by atoms with E-state index < -0.39 is 11.4 Å². The van der Waals surface area contributed by atoms with Gasteiger partial charge in [0.1, 0.15) is 18.2 Å². The smallest absolute Gasteiger partial charge is 0.348 e. The van der Waals surface area contributed by atoms with Gasteiger partial charge in [-0.2, -0.15) is 17.0 Å². The number of ether oxygens (including phenoxy) is 2. The van der Waals surface area contributed by atoms with Crippen LogP contribution in [0.2, 0.25) is 0 Å². The average Bonchev–Trinajstić information content (AvgIpc) is 2.80. The molecule has 0 saturated heterocycles. The Morgan fingerprint density at radius 1 is 0.970 bits per heavy atom. The minimum absolute atomic E-state index is 0.124. The van der Waals surface area contributed by atoms with E-state index >= 15 is 0 Å². The predicted molar refractivity (Wildman–Crippen MR) is 138 cm³/mol. The van der Waals surface area contributed by atoms with Crippen molar-refractivity contribution in [3.63, 3.8) is 0 Å². The highest BCUT2D eigenvalue weighted by atomic mass is 32.2. The normalized spacial score (nSPS) is 12.7. The molecule has 0 rings (SSSR count). The van der Waals surface area contributed by atoms with Gasteiger partial charge in [0, 0.05) is 11.5 Å². The van der Waals surface area contributed by atoms with E-state index in [1.165, 1.54) is 51.4 Å². The number of rotatable bonds is 21. The Hall–Kier alpha value is -1.48. The van der Waals surface area contributed by atoms with Crippen LogP contribution in [0.15, 0.2) is 12.2 Å². The second-order valence-corrected chi connectivity index (χ2v) is 10.7. The summed E-state index contributed by atoms with van der Waals surface area (Å²) in [6.07, 6.45) is 14.3. The van der Waals surface area contributed by atoms with Crippen LogP contribution in [0.1, 0.15) is 105 Å². The molecule has 0 aliphatic heterocycles. The number of thioether (sulfide) groups is 1. The van der Waals surface area contributed by atoms with Gasteiger partial charge in [-0.3, -0.25) is 4.79 Å². The van der Waals surface area contributed by atoms with Crippen molar-refractivity contribution < 1.29 is 19.1 Å². The minimum atomic E-state index is -0.684. The van der Waals surface area contributed by atoms with E-state index in [-0.39, 0.29) is 18.1 Å². The van der Waals surface area contributed by atoms with E-state index in [0.717, 1.165) is 25.7 Å². The van der Waals surface area contributed by atoms with Crippen LogP contribution in [0.3, 0.4) is 0 Å². The highest BCUT2D eigenvalue weighted by Crippen LogP contribution is 2.31. The van der Waals surface area contributed by atoms with Crippen LogP contribution >= 0.6 is 11.8 Å². The van der Waals surface area contributed by atoms with Crippen molar-refractivity contribution in [2.75, 3.05) is 24.7 Å². The molecule has 0 aromatic carbocycles. The van der Waals surface area contributed by atoms with Crippen LogP contribution in [0.4, 0.5) is 0 Å². The first kappa shape index (κ1) is 31.5. The molecule has 190 valence electrons. The molecule has 0 aliphatic carbocycles. The summed E-state index contributed by atoms with van der Waals surface area (Å²) in [5.74, 6) is 0.890. The van der Waals surface area contributed by atoms with E-state index in [1.807, 2.05) is 6.92 Å². The second kappa shape index (κ2) is 19.9. The van der Waals surface area contributed by atoms with Gasteiger partial charge in [-0.05, 0) is 32.1 Å². The number of nitrogens with zero attached hydrogens (tertiary/aromatic N) is 1. The highest BCUT2D eigenvalue weighted by molar-refractivity contribution is 7.99. The zero-order valence-corrected chi connectivity index (χ0v) is 22.4. The summed E-state index contributed by atoms with van der Waals surface area (Å²) >= 11 is 1.57. The fraction of sp³-hybridized carbons (Fsp3) is 0.815. The Bertz CT molecular complexity index is 599. The van der Waals surface area contributed by atoms with Crippen LogP contribution in [0.25, 0.3) is 0 Å². The number of esters is 2. The summed E-state index contributed by atoms with van der Waals surface area (Å²) in [4.78, 5) is 24.3. The van der Waals surface area contributed by atoms with Gasteiger partial charge in [0.15, 0.2) is 0 Å².